The first-order valence-corrected chi connectivity index (χ1v) is 9.64. The fourth-order valence-electron chi connectivity index (χ4n) is 3.62. The van der Waals surface area contributed by atoms with Crippen molar-refractivity contribution in [2.24, 2.45) is 0 Å². The lowest BCUT2D eigenvalue weighted by Gasteiger charge is -2.34. The van der Waals surface area contributed by atoms with E-state index in [0.717, 1.165) is 36.0 Å². The van der Waals surface area contributed by atoms with Crippen molar-refractivity contribution in [2.45, 2.75) is 6.42 Å². The zero-order chi connectivity index (χ0) is 19.3. The minimum atomic E-state index is 0.0503. The van der Waals surface area contributed by atoms with Crippen molar-refractivity contribution < 1.29 is 9.59 Å². The summed E-state index contributed by atoms with van der Waals surface area (Å²) in [6.07, 6.45) is 3.78. The lowest BCUT2D eigenvalue weighted by molar-refractivity contribution is 0.0628. The van der Waals surface area contributed by atoms with Gasteiger partial charge in [-0.25, -0.2) is 0 Å². The highest BCUT2D eigenvalue weighted by Gasteiger charge is 2.22. The lowest BCUT2D eigenvalue weighted by Crippen LogP contribution is -2.49. The SMILES string of the molecule is O=C(CCN1CCN(C(=O)c2ccncc2)CC1)c1ccc2ccccc2c1. The molecule has 142 valence electrons. The fraction of sp³-hybridized carbons (Fsp3) is 0.261. The van der Waals surface area contributed by atoms with Gasteiger partial charge in [0.25, 0.3) is 5.91 Å². The van der Waals surface area contributed by atoms with Gasteiger partial charge in [-0.05, 0) is 29.0 Å². The Morgan fingerprint density at radius 2 is 1.54 bits per heavy atom. The Morgan fingerprint density at radius 1 is 0.821 bits per heavy atom. The van der Waals surface area contributed by atoms with E-state index in [1.807, 2.05) is 41.3 Å². The molecule has 1 aliphatic heterocycles. The van der Waals surface area contributed by atoms with Gasteiger partial charge < -0.3 is 4.90 Å². The topological polar surface area (TPSA) is 53.5 Å². The lowest BCUT2D eigenvalue weighted by atomic mass is 10.0. The highest BCUT2D eigenvalue weighted by molar-refractivity contribution is 6.00. The third-order valence-electron chi connectivity index (χ3n) is 5.31. The third kappa shape index (κ3) is 4.10. The molecule has 0 radical (unpaired) electrons. The second-order valence-corrected chi connectivity index (χ2v) is 7.10. The van der Waals surface area contributed by atoms with Crippen molar-refractivity contribution in [3.63, 3.8) is 0 Å². The summed E-state index contributed by atoms with van der Waals surface area (Å²) >= 11 is 0. The number of Topliss-reactive ketones (excluding diaryl/α,β-unsaturated/α-hetero) is 1. The molecule has 1 fully saturated rings. The smallest absolute Gasteiger partial charge is 0.254 e. The van der Waals surface area contributed by atoms with E-state index >= 15 is 0 Å². The van der Waals surface area contributed by atoms with E-state index in [-0.39, 0.29) is 11.7 Å². The van der Waals surface area contributed by atoms with Crippen molar-refractivity contribution in [1.29, 1.82) is 0 Å². The molecule has 0 saturated carbocycles. The van der Waals surface area contributed by atoms with Gasteiger partial charge in [0, 0.05) is 62.7 Å². The predicted octanol–water partition coefficient (Wildman–Crippen LogP) is 3.27. The molecule has 2 aromatic carbocycles. The average Bonchev–Trinajstić information content (AvgIpc) is 2.77. The molecule has 0 aliphatic carbocycles. The van der Waals surface area contributed by atoms with Crippen LogP contribution < -0.4 is 0 Å². The molecule has 1 amide bonds. The number of piperazine rings is 1. The first kappa shape index (κ1) is 18.3. The van der Waals surface area contributed by atoms with E-state index in [1.54, 1.807) is 24.5 Å². The molecule has 0 unspecified atom stereocenters. The predicted molar refractivity (Wildman–Crippen MR) is 109 cm³/mol. The molecular weight excluding hydrogens is 350 g/mol. The molecule has 3 aromatic rings. The van der Waals surface area contributed by atoms with Crippen LogP contribution in [0.2, 0.25) is 0 Å². The summed E-state index contributed by atoms with van der Waals surface area (Å²) in [5.74, 6) is 0.218. The zero-order valence-electron chi connectivity index (χ0n) is 15.8. The first-order chi connectivity index (χ1) is 13.7. The second kappa shape index (κ2) is 8.31. The monoisotopic (exact) mass is 373 g/mol. The van der Waals surface area contributed by atoms with Crippen LogP contribution >= 0.6 is 0 Å². The highest BCUT2D eigenvalue weighted by Crippen LogP contribution is 2.17. The normalized spacial score (nSPS) is 14.9. The molecule has 28 heavy (non-hydrogen) atoms. The van der Waals surface area contributed by atoms with E-state index in [2.05, 4.69) is 16.0 Å². The number of fused-ring (bicyclic) bond motifs is 1. The molecule has 0 spiro atoms. The maximum atomic E-state index is 12.6. The number of pyridine rings is 1. The van der Waals surface area contributed by atoms with Crippen LogP contribution in [0, 0.1) is 0 Å². The Kier molecular flexibility index (Phi) is 5.44. The van der Waals surface area contributed by atoms with Crippen LogP contribution in [-0.4, -0.2) is 59.2 Å². The fourth-order valence-corrected chi connectivity index (χ4v) is 3.62. The van der Waals surface area contributed by atoms with Crippen LogP contribution in [-0.2, 0) is 0 Å². The number of ketones is 1. The summed E-state index contributed by atoms with van der Waals surface area (Å²) in [6, 6.07) is 17.5. The van der Waals surface area contributed by atoms with Crippen molar-refractivity contribution in [3.05, 3.63) is 78.1 Å². The van der Waals surface area contributed by atoms with E-state index in [9.17, 15) is 9.59 Å². The number of carbonyl (C=O) groups excluding carboxylic acids is 2. The maximum absolute atomic E-state index is 12.6. The molecular formula is C23H23N3O2. The van der Waals surface area contributed by atoms with Gasteiger partial charge in [-0.3, -0.25) is 19.5 Å². The van der Waals surface area contributed by atoms with Gasteiger partial charge in [0.05, 0.1) is 0 Å². The van der Waals surface area contributed by atoms with E-state index in [4.69, 9.17) is 0 Å². The van der Waals surface area contributed by atoms with Crippen molar-refractivity contribution >= 4 is 22.5 Å². The van der Waals surface area contributed by atoms with Gasteiger partial charge >= 0.3 is 0 Å². The number of amides is 1. The Bertz CT molecular complexity index is 979. The number of rotatable bonds is 5. The quantitative estimate of drug-likeness (QED) is 0.644. The standard InChI is InChI=1S/C23H23N3O2/c27-22(21-6-5-18-3-1-2-4-20(18)17-21)9-12-25-13-15-26(16-14-25)23(28)19-7-10-24-11-8-19/h1-8,10-11,17H,9,12-16H2. The summed E-state index contributed by atoms with van der Waals surface area (Å²) in [6.45, 7) is 3.68. The van der Waals surface area contributed by atoms with E-state index in [1.165, 1.54) is 0 Å². The zero-order valence-corrected chi connectivity index (χ0v) is 15.8. The van der Waals surface area contributed by atoms with E-state index < -0.39 is 0 Å². The largest absolute Gasteiger partial charge is 0.336 e. The third-order valence-corrected chi connectivity index (χ3v) is 5.31. The van der Waals surface area contributed by atoms with Crippen molar-refractivity contribution in [2.75, 3.05) is 32.7 Å². The number of hydrogen-bond acceptors (Lipinski definition) is 4. The van der Waals surface area contributed by atoms with Crippen LogP contribution in [0.25, 0.3) is 10.8 Å². The second-order valence-electron chi connectivity index (χ2n) is 7.10. The van der Waals surface area contributed by atoms with Crippen LogP contribution in [0.1, 0.15) is 27.1 Å². The number of carbonyl (C=O) groups is 2. The summed E-state index contributed by atoms with van der Waals surface area (Å²) in [5, 5.41) is 2.24. The van der Waals surface area contributed by atoms with Gasteiger partial charge in [-0.1, -0.05) is 36.4 Å². The Balaban J connectivity index is 1.29. The molecule has 0 N–H and O–H groups in total. The van der Waals surface area contributed by atoms with Gasteiger partial charge in [0.1, 0.15) is 0 Å². The Hall–Kier alpha value is -3.05. The minimum absolute atomic E-state index is 0.0503. The molecule has 1 aliphatic rings. The van der Waals surface area contributed by atoms with Crippen LogP contribution in [0.4, 0.5) is 0 Å². The van der Waals surface area contributed by atoms with Crippen LogP contribution in [0.5, 0.6) is 0 Å². The number of aromatic nitrogens is 1. The van der Waals surface area contributed by atoms with Crippen LogP contribution in [0.3, 0.4) is 0 Å². The Labute approximate surface area is 164 Å². The number of hydrogen-bond donors (Lipinski definition) is 0. The van der Waals surface area contributed by atoms with Crippen molar-refractivity contribution in [3.8, 4) is 0 Å². The summed E-state index contributed by atoms with van der Waals surface area (Å²) < 4.78 is 0. The average molecular weight is 373 g/mol. The summed E-state index contributed by atoms with van der Waals surface area (Å²) in [5.41, 5.74) is 1.44. The van der Waals surface area contributed by atoms with Gasteiger partial charge in [-0.2, -0.15) is 0 Å². The molecule has 1 saturated heterocycles. The Morgan fingerprint density at radius 3 is 2.29 bits per heavy atom. The molecule has 2 heterocycles. The number of nitrogens with zero attached hydrogens (tertiary/aromatic N) is 3. The van der Waals surface area contributed by atoms with Crippen molar-refractivity contribution in [1.82, 2.24) is 14.8 Å². The van der Waals surface area contributed by atoms with Gasteiger partial charge in [0.15, 0.2) is 5.78 Å². The summed E-state index contributed by atoms with van der Waals surface area (Å²) in [7, 11) is 0. The molecule has 0 bridgehead atoms. The van der Waals surface area contributed by atoms with Gasteiger partial charge in [-0.15, -0.1) is 0 Å². The molecule has 1 aromatic heterocycles. The molecule has 5 heteroatoms. The highest BCUT2D eigenvalue weighted by atomic mass is 16.2. The number of benzene rings is 2. The molecule has 0 atom stereocenters. The maximum Gasteiger partial charge on any atom is 0.254 e. The van der Waals surface area contributed by atoms with Crippen LogP contribution in [0.15, 0.2) is 67.0 Å². The van der Waals surface area contributed by atoms with Gasteiger partial charge in [0.2, 0.25) is 0 Å². The molecule has 5 nitrogen and oxygen atoms in total. The first-order valence-electron chi connectivity index (χ1n) is 9.64. The molecule has 4 rings (SSSR count). The minimum Gasteiger partial charge on any atom is -0.336 e. The summed E-state index contributed by atoms with van der Waals surface area (Å²) in [4.78, 5) is 33.2. The van der Waals surface area contributed by atoms with E-state index in [0.29, 0.717) is 25.1 Å².